The Hall–Kier alpha value is -1.92. The first-order valence-corrected chi connectivity index (χ1v) is 10.2. The van der Waals surface area contributed by atoms with Gasteiger partial charge in [-0.15, -0.1) is 11.3 Å². The molecular weight excluding hydrogens is 346 g/mol. The van der Waals surface area contributed by atoms with Gasteiger partial charge in [-0.1, -0.05) is 12.1 Å². The van der Waals surface area contributed by atoms with Gasteiger partial charge in [0.2, 0.25) is 0 Å². The first kappa shape index (κ1) is 17.5. The third kappa shape index (κ3) is 3.35. The third-order valence-corrected chi connectivity index (χ3v) is 6.37. The number of benzene rings is 1. The van der Waals surface area contributed by atoms with Crippen molar-refractivity contribution < 1.29 is 9.53 Å². The van der Waals surface area contributed by atoms with Crippen molar-refractivity contribution in [2.45, 2.75) is 32.8 Å². The number of aromatic nitrogens is 1. The van der Waals surface area contributed by atoms with Crippen LogP contribution in [0.3, 0.4) is 0 Å². The average Bonchev–Trinajstić information content (AvgIpc) is 3.35. The highest BCUT2D eigenvalue weighted by Crippen LogP contribution is 2.31. The molecular formula is C20H25N3O2S. The van der Waals surface area contributed by atoms with Gasteiger partial charge in [-0.3, -0.25) is 4.79 Å². The fourth-order valence-corrected chi connectivity index (χ4v) is 4.57. The van der Waals surface area contributed by atoms with E-state index in [1.807, 2.05) is 10.3 Å². The number of piperazine rings is 1. The molecule has 0 spiro atoms. The molecule has 0 bridgehead atoms. The Morgan fingerprint density at radius 1 is 1.23 bits per heavy atom. The van der Waals surface area contributed by atoms with Gasteiger partial charge in [0.15, 0.2) is 0 Å². The molecule has 1 aromatic heterocycles. The number of hydrogen-bond donors (Lipinski definition) is 0. The highest BCUT2D eigenvalue weighted by Gasteiger charge is 2.27. The molecule has 1 aromatic carbocycles. The summed E-state index contributed by atoms with van der Waals surface area (Å²) < 4.78 is 5.68. The number of hydrogen-bond acceptors (Lipinski definition) is 5. The normalized spacial score (nSPS) is 20.6. The minimum Gasteiger partial charge on any atom is -0.371 e. The topological polar surface area (TPSA) is 45.7 Å². The average molecular weight is 372 g/mol. The summed E-state index contributed by atoms with van der Waals surface area (Å²) in [6, 6.07) is 6.43. The van der Waals surface area contributed by atoms with E-state index in [-0.39, 0.29) is 12.0 Å². The molecule has 6 heteroatoms. The van der Waals surface area contributed by atoms with Gasteiger partial charge in [0.05, 0.1) is 0 Å². The number of rotatable bonds is 3. The molecule has 0 aliphatic carbocycles. The van der Waals surface area contributed by atoms with E-state index in [0.29, 0.717) is 5.69 Å². The Morgan fingerprint density at radius 2 is 2.04 bits per heavy atom. The molecule has 0 saturated carbocycles. The van der Waals surface area contributed by atoms with E-state index in [1.165, 1.54) is 16.8 Å². The summed E-state index contributed by atoms with van der Waals surface area (Å²) in [5.41, 5.74) is 4.49. The highest BCUT2D eigenvalue weighted by molar-refractivity contribution is 7.09. The van der Waals surface area contributed by atoms with E-state index < -0.39 is 0 Å². The lowest BCUT2D eigenvalue weighted by Crippen LogP contribution is -2.49. The standard InChI is InChI=1S/C20H25N3O2S/c1-14-5-3-6-17(15(14)2)22-8-10-23(11-9-22)20(24)16-13-26-19(21-16)18-7-4-12-25-18/h3,5-6,13,18H,4,7-12H2,1-2H3. The number of nitrogens with zero attached hydrogens (tertiary/aromatic N) is 3. The zero-order valence-corrected chi connectivity index (χ0v) is 16.2. The van der Waals surface area contributed by atoms with Crippen molar-refractivity contribution in [1.29, 1.82) is 0 Å². The number of anilines is 1. The number of carbonyl (C=O) groups excluding carboxylic acids is 1. The molecule has 1 atom stereocenters. The van der Waals surface area contributed by atoms with Crippen LogP contribution in [0.15, 0.2) is 23.6 Å². The monoisotopic (exact) mass is 371 g/mol. The van der Waals surface area contributed by atoms with Crippen LogP contribution in [0.2, 0.25) is 0 Å². The second kappa shape index (κ2) is 7.37. The number of thiazole rings is 1. The quantitative estimate of drug-likeness (QED) is 0.827. The largest absolute Gasteiger partial charge is 0.371 e. The maximum atomic E-state index is 12.8. The molecule has 1 amide bonds. The predicted molar refractivity (Wildman–Crippen MR) is 104 cm³/mol. The van der Waals surface area contributed by atoms with Gasteiger partial charge in [0.1, 0.15) is 16.8 Å². The van der Waals surface area contributed by atoms with Crippen LogP contribution in [0.4, 0.5) is 5.69 Å². The first-order chi connectivity index (χ1) is 12.6. The second-order valence-corrected chi connectivity index (χ2v) is 7.96. The van der Waals surface area contributed by atoms with Crippen LogP contribution in [0, 0.1) is 13.8 Å². The molecule has 1 unspecified atom stereocenters. The van der Waals surface area contributed by atoms with E-state index >= 15 is 0 Å². The van der Waals surface area contributed by atoms with Gasteiger partial charge in [0, 0.05) is 43.9 Å². The van der Waals surface area contributed by atoms with E-state index in [4.69, 9.17) is 4.74 Å². The fraction of sp³-hybridized carbons (Fsp3) is 0.500. The number of amides is 1. The van der Waals surface area contributed by atoms with E-state index in [1.54, 1.807) is 11.3 Å². The zero-order chi connectivity index (χ0) is 18.1. The molecule has 0 radical (unpaired) electrons. The fourth-order valence-electron chi connectivity index (χ4n) is 3.70. The van der Waals surface area contributed by atoms with Crippen molar-refractivity contribution in [2.24, 2.45) is 0 Å². The van der Waals surface area contributed by atoms with Crippen molar-refractivity contribution in [3.8, 4) is 0 Å². The van der Waals surface area contributed by atoms with Crippen LogP contribution in [0.1, 0.15) is 45.6 Å². The molecule has 2 saturated heterocycles. The highest BCUT2D eigenvalue weighted by atomic mass is 32.1. The number of carbonyl (C=O) groups is 1. The molecule has 5 nitrogen and oxygen atoms in total. The zero-order valence-electron chi connectivity index (χ0n) is 15.4. The van der Waals surface area contributed by atoms with Crippen molar-refractivity contribution in [3.05, 3.63) is 45.4 Å². The van der Waals surface area contributed by atoms with Crippen LogP contribution in [-0.4, -0.2) is 48.6 Å². The van der Waals surface area contributed by atoms with Crippen LogP contribution >= 0.6 is 11.3 Å². The van der Waals surface area contributed by atoms with Gasteiger partial charge in [-0.2, -0.15) is 0 Å². The lowest BCUT2D eigenvalue weighted by Gasteiger charge is -2.36. The van der Waals surface area contributed by atoms with E-state index in [9.17, 15) is 4.79 Å². The summed E-state index contributed by atoms with van der Waals surface area (Å²) in [6.45, 7) is 8.31. The van der Waals surface area contributed by atoms with Crippen LogP contribution in [0.25, 0.3) is 0 Å². The molecule has 2 aliphatic heterocycles. The molecule has 26 heavy (non-hydrogen) atoms. The lowest BCUT2D eigenvalue weighted by atomic mass is 10.1. The van der Waals surface area contributed by atoms with E-state index in [2.05, 4.69) is 41.9 Å². The lowest BCUT2D eigenvalue weighted by molar-refractivity contribution is 0.0740. The molecule has 4 rings (SSSR count). The molecule has 2 aromatic rings. The summed E-state index contributed by atoms with van der Waals surface area (Å²) in [5.74, 6) is 0.0473. The van der Waals surface area contributed by atoms with Crippen LogP contribution < -0.4 is 4.90 Å². The van der Waals surface area contributed by atoms with Gasteiger partial charge < -0.3 is 14.5 Å². The van der Waals surface area contributed by atoms with Crippen molar-refractivity contribution >= 4 is 22.9 Å². The smallest absolute Gasteiger partial charge is 0.273 e. The maximum absolute atomic E-state index is 12.8. The number of aryl methyl sites for hydroxylation is 1. The van der Waals surface area contributed by atoms with Crippen molar-refractivity contribution in [3.63, 3.8) is 0 Å². The van der Waals surface area contributed by atoms with Crippen LogP contribution in [0.5, 0.6) is 0 Å². The molecule has 2 fully saturated rings. The van der Waals surface area contributed by atoms with Gasteiger partial charge >= 0.3 is 0 Å². The third-order valence-electron chi connectivity index (χ3n) is 5.43. The first-order valence-electron chi connectivity index (χ1n) is 9.31. The molecule has 138 valence electrons. The summed E-state index contributed by atoms with van der Waals surface area (Å²) in [7, 11) is 0. The van der Waals surface area contributed by atoms with Gasteiger partial charge in [-0.05, 0) is 43.9 Å². The minimum atomic E-state index is 0.0473. The van der Waals surface area contributed by atoms with Crippen molar-refractivity contribution in [2.75, 3.05) is 37.7 Å². The minimum absolute atomic E-state index is 0.0473. The molecule has 0 N–H and O–H groups in total. The Kier molecular flexibility index (Phi) is 4.96. The second-order valence-electron chi connectivity index (χ2n) is 7.07. The summed E-state index contributed by atoms with van der Waals surface area (Å²) in [6.07, 6.45) is 2.17. The summed E-state index contributed by atoms with van der Waals surface area (Å²) in [5, 5.41) is 2.83. The van der Waals surface area contributed by atoms with Crippen molar-refractivity contribution in [1.82, 2.24) is 9.88 Å². The SMILES string of the molecule is Cc1cccc(N2CCN(C(=O)c3csc(C4CCCO4)n3)CC2)c1C. The summed E-state index contributed by atoms with van der Waals surface area (Å²) in [4.78, 5) is 21.7. The maximum Gasteiger partial charge on any atom is 0.273 e. The Morgan fingerprint density at radius 3 is 2.77 bits per heavy atom. The van der Waals surface area contributed by atoms with Gasteiger partial charge in [0.25, 0.3) is 5.91 Å². The number of ether oxygens (including phenoxy) is 1. The van der Waals surface area contributed by atoms with Crippen LogP contribution in [-0.2, 0) is 4.74 Å². The molecule has 3 heterocycles. The predicted octanol–water partition coefficient (Wildman–Crippen LogP) is 3.57. The summed E-state index contributed by atoms with van der Waals surface area (Å²) >= 11 is 1.55. The Balaban J connectivity index is 1.40. The van der Waals surface area contributed by atoms with E-state index in [0.717, 1.165) is 50.6 Å². The Labute approximate surface area is 158 Å². The van der Waals surface area contributed by atoms with Gasteiger partial charge in [-0.25, -0.2) is 4.98 Å². The molecule has 2 aliphatic rings. The Bertz CT molecular complexity index is 790.